The third kappa shape index (κ3) is 20.6. The lowest BCUT2D eigenvalue weighted by atomic mass is 9.70. The van der Waals surface area contributed by atoms with Gasteiger partial charge in [0.1, 0.15) is 0 Å². The summed E-state index contributed by atoms with van der Waals surface area (Å²) < 4.78 is 5.27. The van der Waals surface area contributed by atoms with Gasteiger partial charge >= 0.3 is 0 Å². The van der Waals surface area contributed by atoms with E-state index in [1.54, 1.807) is 7.11 Å². The fourth-order valence-electron chi connectivity index (χ4n) is 4.73. The molecule has 1 saturated heterocycles. The topological polar surface area (TPSA) is 56.2 Å². The van der Waals surface area contributed by atoms with Gasteiger partial charge in [-0.2, -0.15) is 0 Å². The Morgan fingerprint density at radius 3 is 1.67 bits per heavy atom. The second-order valence-electron chi connectivity index (χ2n) is 13.7. The summed E-state index contributed by atoms with van der Waals surface area (Å²) in [7, 11) is 0.701. The van der Waals surface area contributed by atoms with E-state index in [4.69, 9.17) is 33.0 Å². The summed E-state index contributed by atoms with van der Waals surface area (Å²) in [6.07, 6.45) is 1.18. The summed E-state index contributed by atoms with van der Waals surface area (Å²) in [4.78, 5) is 4.84. The number of allylic oxidation sites excluding steroid dienone is 1. The van der Waals surface area contributed by atoms with E-state index < -0.39 is 8.07 Å². The van der Waals surface area contributed by atoms with Crippen molar-refractivity contribution in [3.63, 3.8) is 0 Å². The molecule has 0 amide bonds. The third-order valence-corrected chi connectivity index (χ3v) is 9.17. The number of hydrogen-bond acceptors (Lipinski definition) is 5. The minimum absolute atomic E-state index is 0. The van der Waals surface area contributed by atoms with Gasteiger partial charge in [0.05, 0.1) is 33.4 Å². The minimum Gasteiger partial charge on any atom is -0.396 e. The molecule has 1 heterocycles. The predicted molar refractivity (Wildman–Crippen MR) is 204 cm³/mol. The molecule has 0 spiro atoms. The number of aliphatic hydroxyl groups excluding tert-OH is 2. The summed E-state index contributed by atoms with van der Waals surface area (Å²) in [6.45, 7) is 25.0. The molecule has 5 nitrogen and oxygen atoms in total. The highest BCUT2D eigenvalue weighted by molar-refractivity contribution is 6.76. The van der Waals surface area contributed by atoms with Crippen molar-refractivity contribution in [1.82, 2.24) is 9.80 Å². The average Bonchev–Trinajstić information content (AvgIpc) is 3.17. The predicted octanol–water partition coefficient (Wildman–Crippen LogP) is 9.53. The average molecular weight is 688 g/mol. The van der Waals surface area contributed by atoms with Crippen LogP contribution in [0.25, 0.3) is 0 Å². The molecule has 1 atom stereocenters. The van der Waals surface area contributed by atoms with Crippen LogP contribution < -0.4 is 0 Å². The highest BCUT2D eigenvalue weighted by Crippen LogP contribution is 2.45. The first-order valence-corrected chi connectivity index (χ1v) is 19.8. The van der Waals surface area contributed by atoms with Crippen LogP contribution in [0.1, 0.15) is 67.5 Å². The van der Waals surface area contributed by atoms with E-state index in [1.807, 2.05) is 20.8 Å². The highest BCUT2D eigenvalue weighted by atomic mass is 35.5. The molecule has 0 radical (unpaired) electrons. The lowest BCUT2D eigenvalue weighted by Crippen LogP contribution is -2.40. The third-order valence-electron chi connectivity index (χ3n) is 7.77. The number of rotatable bonds is 10. The van der Waals surface area contributed by atoms with E-state index in [-0.39, 0.29) is 44.2 Å². The summed E-state index contributed by atoms with van der Waals surface area (Å²) >= 11 is 9.53. The lowest BCUT2D eigenvalue weighted by molar-refractivity contribution is 0.0657. The number of hydrogen-bond donors (Lipinski definition) is 2. The molecule has 1 fully saturated rings. The van der Waals surface area contributed by atoms with Crippen LogP contribution in [-0.4, -0.2) is 79.7 Å². The maximum atomic E-state index is 9.62. The van der Waals surface area contributed by atoms with Crippen LogP contribution in [0.5, 0.6) is 0 Å². The van der Waals surface area contributed by atoms with Gasteiger partial charge < -0.3 is 14.9 Å². The minimum atomic E-state index is -1.07. The van der Waals surface area contributed by atoms with Gasteiger partial charge in [0.25, 0.3) is 0 Å². The molecule has 0 aliphatic carbocycles. The Labute approximate surface area is 289 Å². The van der Waals surface area contributed by atoms with Crippen LogP contribution in [0.4, 0.5) is 0 Å². The van der Waals surface area contributed by atoms with Crippen molar-refractivity contribution in [3.05, 3.63) is 82.9 Å². The quantitative estimate of drug-likeness (QED) is 0.113. The van der Waals surface area contributed by atoms with E-state index in [1.165, 1.54) is 22.9 Å². The molecule has 0 saturated carbocycles. The van der Waals surface area contributed by atoms with Crippen molar-refractivity contribution in [2.45, 2.75) is 89.1 Å². The molecule has 0 aromatic heterocycles. The summed E-state index contributed by atoms with van der Waals surface area (Å²) in [6, 6.07) is 21.1. The van der Waals surface area contributed by atoms with Gasteiger partial charge in [-0.15, -0.1) is 23.2 Å². The van der Waals surface area contributed by atoms with Crippen LogP contribution >= 0.6 is 23.2 Å². The molecule has 3 rings (SSSR count). The number of halogens is 2. The first kappa shape index (κ1) is 48.2. The van der Waals surface area contributed by atoms with Gasteiger partial charge in [0.2, 0.25) is 0 Å². The highest BCUT2D eigenvalue weighted by Gasteiger charge is 2.48. The van der Waals surface area contributed by atoms with Crippen molar-refractivity contribution < 1.29 is 14.9 Å². The van der Waals surface area contributed by atoms with Crippen LogP contribution in [0.2, 0.25) is 19.6 Å². The molecule has 2 N–H and O–H groups in total. The zero-order valence-electron chi connectivity index (χ0n) is 28.6. The molecule has 45 heavy (non-hydrogen) atoms. The maximum absolute atomic E-state index is 9.62. The van der Waals surface area contributed by atoms with Crippen LogP contribution in [0.3, 0.4) is 0 Å². The summed E-state index contributed by atoms with van der Waals surface area (Å²) in [5, 5.41) is 18.3. The molecule has 8 heteroatoms. The lowest BCUT2D eigenvalue weighted by Gasteiger charge is -2.35. The largest absolute Gasteiger partial charge is 0.396 e. The molecule has 1 unspecified atom stereocenters. The van der Waals surface area contributed by atoms with Gasteiger partial charge in [-0.05, 0) is 49.1 Å². The van der Waals surface area contributed by atoms with Gasteiger partial charge in [0.15, 0.2) is 0 Å². The Balaban J connectivity index is -0.000000588. The van der Waals surface area contributed by atoms with Gasteiger partial charge in [-0.25, -0.2) is 0 Å². The van der Waals surface area contributed by atoms with Crippen molar-refractivity contribution in [2.24, 2.45) is 10.8 Å². The number of benzene rings is 2. The fraction of sp³-hybridized carbons (Fsp3) is 0.622. The number of aliphatic hydroxyl groups is 2. The van der Waals surface area contributed by atoms with Crippen molar-refractivity contribution in [3.8, 4) is 0 Å². The number of nitrogens with zero attached hydrogens (tertiary/aromatic N) is 2. The number of methoxy groups -OCH3 is 1. The number of alkyl halides is 2. The van der Waals surface area contributed by atoms with Crippen LogP contribution in [-0.2, 0) is 17.8 Å². The molecule has 1 aliphatic rings. The van der Waals surface area contributed by atoms with Crippen molar-refractivity contribution in [2.75, 3.05) is 51.7 Å². The normalized spacial score (nSPS) is 16.8. The molecule has 1 aliphatic heterocycles. The molecular weight excluding hydrogens is 619 g/mol. The van der Waals surface area contributed by atoms with Crippen molar-refractivity contribution >= 4 is 31.3 Å². The Kier molecular flexibility index (Phi) is 26.6. The smallest absolute Gasteiger partial charge is 0.0986 e. The van der Waals surface area contributed by atoms with Crippen molar-refractivity contribution in [1.29, 1.82) is 0 Å². The second-order valence-corrected chi connectivity index (χ2v) is 20.0. The summed E-state index contributed by atoms with van der Waals surface area (Å²) in [5.74, 6) is 0. The zero-order valence-corrected chi connectivity index (χ0v) is 31.1. The van der Waals surface area contributed by atoms with Crippen LogP contribution in [0, 0.1) is 10.8 Å². The number of likely N-dealkylation sites (tertiary alicyclic amines) is 1. The van der Waals surface area contributed by atoms with E-state index >= 15 is 0 Å². The molecule has 2 aromatic rings. The molecule has 262 valence electrons. The Bertz CT molecular complexity index is 1010. The van der Waals surface area contributed by atoms with Gasteiger partial charge in [-0.3, -0.25) is 9.80 Å². The SMILES string of the molecule is C.C.CC(C)=C(C)CO.CC1(C)CN(Cc2ccccc2)CC1(C)CO.COCN(Cc1ccccc1)C[Si](C)(C)C.ClCCl. The Morgan fingerprint density at radius 1 is 0.867 bits per heavy atom. The Hall–Kier alpha value is -1.22. The van der Waals surface area contributed by atoms with E-state index in [2.05, 4.69) is 111 Å². The second kappa shape index (κ2) is 24.9. The zero-order chi connectivity index (χ0) is 33.1. The standard InChI is InChI=1S/C15H23NO.C13H23NOSi.C6H12O.CH2Cl2.2CH4/c1-14(2)10-16(11-15(14,3)12-17)9-13-7-5-4-6-8-13;1-15-11-14(12-16(2,3)4)10-13-8-6-5-7-9-13;1-5(2)6(3)4-7;2-1-3;;/h4-8,17H,9-12H2,1-3H3;5-9H,10-12H2,1-4H3;7H,4H2,1-3H3;1H2;2*1H4. The molecular formula is C37H68Cl2N2O3Si. The van der Waals surface area contributed by atoms with Crippen LogP contribution in [0.15, 0.2) is 71.8 Å². The van der Waals surface area contributed by atoms with Gasteiger partial charge in [0, 0.05) is 38.7 Å². The Morgan fingerprint density at radius 2 is 1.33 bits per heavy atom. The summed E-state index contributed by atoms with van der Waals surface area (Å²) in [5.41, 5.74) is 5.18. The van der Waals surface area contributed by atoms with Gasteiger partial charge in [-0.1, -0.05) is 122 Å². The first-order valence-electron chi connectivity index (χ1n) is 15.1. The first-order chi connectivity index (χ1) is 20.1. The van der Waals surface area contributed by atoms with E-state index in [9.17, 15) is 5.11 Å². The van der Waals surface area contributed by atoms with E-state index in [0.717, 1.165) is 38.5 Å². The number of ether oxygens (including phenoxy) is 1. The maximum Gasteiger partial charge on any atom is 0.0986 e. The van der Waals surface area contributed by atoms with E-state index in [0.29, 0.717) is 0 Å². The molecule has 2 aromatic carbocycles. The fourth-order valence-corrected chi connectivity index (χ4v) is 6.28. The monoisotopic (exact) mass is 686 g/mol. The molecule has 0 bridgehead atoms.